The lowest BCUT2D eigenvalue weighted by atomic mass is 9.95. The molecule has 2 atom stereocenters. The monoisotopic (exact) mass is 719 g/mol. The lowest BCUT2D eigenvalue weighted by molar-refractivity contribution is -0.193. The van der Waals surface area contributed by atoms with Gasteiger partial charge in [-0.25, -0.2) is 22.8 Å². The number of carboxylic acids is 3. The van der Waals surface area contributed by atoms with Crippen LogP contribution >= 0.6 is 0 Å². The van der Waals surface area contributed by atoms with Crippen molar-refractivity contribution in [1.29, 1.82) is 0 Å². The fraction of sp³-hybridized carbons (Fsp3) is 0.296. The molecule has 0 spiro atoms. The summed E-state index contributed by atoms with van der Waals surface area (Å²) < 4.78 is 121. The number of sulfone groups is 1. The first-order valence-electron chi connectivity index (χ1n) is 12.8. The van der Waals surface area contributed by atoms with Gasteiger partial charge in [0.05, 0.1) is 10.1 Å². The predicted octanol–water partition coefficient (Wildman–Crippen LogP) is 4.80. The molecule has 1 saturated heterocycles. The molecule has 1 aromatic carbocycles. The van der Waals surface area contributed by atoms with Crippen LogP contribution in [0.4, 0.5) is 39.5 Å². The number of rotatable bonds is 3. The molecule has 0 bridgehead atoms. The number of benzene rings is 1. The Morgan fingerprint density at radius 2 is 1.21 bits per heavy atom. The van der Waals surface area contributed by atoms with Crippen LogP contribution in [0.3, 0.4) is 0 Å². The van der Waals surface area contributed by atoms with E-state index in [1.807, 2.05) is 48.8 Å². The molecule has 262 valence electrons. The highest BCUT2D eigenvalue weighted by Crippen LogP contribution is 2.46. The average molecular weight is 720 g/mol. The third-order valence-electron chi connectivity index (χ3n) is 6.31. The zero-order chi connectivity index (χ0) is 36.7. The molecule has 2 aliphatic rings. The van der Waals surface area contributed by atoms with Crippen LogP contribution in [-0.4, -0.2) is 93.4 Å². The number of carbonyl (C=O) groups is 3. The summed E-state index contributed by atoms with van der Waals surface area (Å²) in [6, 6.07) is 13.6. The van der Waals surface area contributed by atoms with Crippen molar-refractivity contribution in [2.45, 2.75) is 41.1 Å². The highest BCUT2D eigenvalue weighted by molar-refractivity contribution is 7.92. The zero-order valence-corrected chi connectivity index (χ0v) is 24.5. The molecule has 2 aliphatic heterocycles. The normalized spacial score (nSPS) is 17.9. The predicted molar refractivity (Wildman–Crippen MR) is 144 cm³/mol. The summed E-state index contributed by atoms with van der Waals surface area (Å²) in [6.07, 6.45) is -8.10. The number of alkyl halides is 9. The van der Waals surface area contributed by atoms with Crippen LogP contribution < -0.4 is 0 Å². The molecule has 2 unspecified atom stereocenters. The first kappa shape index (κ1) is 39.4. The Morgan fingerprint density at radius 3 is 1.62 bits per heavy atom. The van der Waals surface area contributed by atoms with E-state index in [1.165, 1.54) is 0 Å². The molecule has 0 radical (unpaired) electrons. The summed E-state index contributed by atoms with van der Waals surface area (Å²) in [6.45, 7) is 2.05. The molecule has 48 heavy (non-hydrogen) atoms. The average Bonchev–Trinajstić information content (AvgIpc) is 3.49. The van der Waals surface area contributed by atoms with Gasteiger partial charge in [0.25, 0.3) is 0 Å². The molecule has 11 nitrogen and oxygen atoms in total. The molecule has 1 fully saturated rings. The van der Waals surface area contributed by atoms with E-state index in [-0.39, 0.29) is 11.2 Å². The van der Waals surface area contributed by atoms with E-state index in [0.29, 0.717) is 11.4 Å². The van der Waals surface area contributed by atoms with E-state index in [4.69, 9.17) is 29.7 Å². The van der Waals surface area contributed by atoms with Crippen LogP contribution in [0.25, 0.3) is 11.1 Å². The highest BCUT2D eigenvalue weighted by Gasteiger charge is 2.50. The van der Waals surface area contributed by atoms with Gasteiger partial charge in [-0.1, -0.05) is 18.2 Å². The van der Waals surface area contributed by atoms with Crippen molar-refractivity contribution < 1.29 is 77.6 Å². The Balaban J connectivity index is 0.000000313. The molecule has 0 saturated carbocycles. The number of aliphatic carboxylic acids is 3. The summed E-state index contributed by atoms with van der Waals surface area (Å²) in [5, 5.41) is 21.0. The summed E-state index contributed by atoms with van der Waals surface area (Å²) in [5.41, 5.74) is 4.09. The maximum atomic E-state index is 13.1. The number of fused-ring (bicyclic) bond motifs is 3. The van der Waals surface area contributed by atoms with Crippen LogP contribution in [0.2, 0.25) is 0 Å². The van der Waals surface area contributed by atoms with Gasteiger partial charge in [0.2, 0.25) is 0 Å². The standard InChI is InChI=1S/C21H19N3O2S.3C2HF3O2/c25-27(26)20-6-5-16(17-4-2-8-23-11-17)9-18(20)19-13-24(14-21(19)27)12-15-3-1-7-22-10-15;3*3-2(4,5)1(6)7/h1-11,19,21H,12-14H2;3*(H,6,7). The minimum absolute atomic E-state index is 0.0262. The maximum absolute atomic E-state index is 13.1. The number of nitrogens with zero attached hydrogens (tertiary/aromatic N) is 3. The van der Waals surface area contributed by atoms with Gasteiger partial charge < -0.3 is 15.3 Å². The number of likely N-dealkylation sites (tertiary alicyclic amines) is 1. The maximum Gasteiger partial charge on any atom is 0.490 e. The van der Waals surface area contributed by atoms with Gasteiger partial charge in [0.1, 0.15) is 0 Å². The van der Waals surface area contributed by atoms with Gasteiger partial charge in [0.15, 0.2) is 9.84 Å². The number of hydrogen-bond donors (Lipinski definition) is 3. The number of halogens is 9. The number of aromatic nitrogens is 2. The van der Waals surface area contributed by atoms with Crippen molar-refractivity contribution in [2.24, 2.45) is 0 Å². The number of pyridine rings is 2. The third kappa shape index (κ3) is 10.9. The van der Waals surface area contributed by atoms with Gasteiger partial charge in [-0.3, -0.25) is 14.9 Å². The minimum Gasteiger partial charge on any atom is -0.475 e. The SMILES string of the molecule is O=C(O)C(F)(F)F.O=C(O)C(F)(F)F.O=C(O)C(F)(F)F.O=S1(=O)c2ccc(-c3cccnc3)cc2C2CN(Cc3cccnc3)CC21. The molecule has 3 aromatic rings. The summed E-state index contributed by atoms with van der Waals surface area (Å²) >= 11 is 0. The molecule has 5 rings (SSSR count). The van der Waals surface area contributed by atoms with Gasteiger partial charge >= 0.3 is 36.4 Å². The Bertz CT molecular complexity index is 1630. The van der Waals surface area contributed by atoms with E-state index in [1.54, 1.807) is 18.5 Å². The largest absolute Gasteiger partial charge is 0.490 e. The fourth-order valence-corrected chi connectivity index (χ4v) is 6.51. The van der Waals surface area contributed by atoms with Crippen LogP contribution in [0.1, 0.15) is 17.0 Å². The third-order valence-corrected chi connectivity index (χ3v) is 8.57. The highest BCUT2D eigenvalue weighted by atomic mass is 32.2. The van der Waals surface area contributed by atoms with E-state index < -0.39 is 46.3 Å². The van der Waals surface area contributed by atoms with Gasteiger partial charge in [-0.2, -0.15) is 39.5 Å². The van der Waals surface area contributed by atoms with E-state index in [0.717, 1.165) is 35.3 Å². The number of carboxylic acid groups (broad SMARTS) is 3. The Morgan fingerprint density at radius 1 is 0.729 bits per heavy atom. The second kappa shape index (κ2) is 15.4. The first-order chi connectivity index (χ1) is 22.0. The van der Waals surface area contributed by atoms with Crippen LogP contribution in [-0.2, 0) is 30.8 Å². The van der Waals surface area contributed by atoms with E-state index >= 15 is 0 Å². The molecule has 3 N–H and O–H groups in total. The summed E-state index contributed by atoms with van der Waals surface area (Å²) in [7, 11) is -3.28. The fourth-order valence-electron chi connectivity index (χ4n) is 4.32. The smallest absolute Gasteiger partial charge is 0.475 e. The molecular weight excluding hydrogens is 697 g/mol. The topological polar surface area (TPSA) is 175 Å². The zero-order valence-electron chi connectivity index (χ0n) is 23.7. The molecular formula is C27H22F9N3O8S. The van der Waals surface area contributed by atoms with E-state index in [2.05, 4.69) is 14.9 Å². The molecule has 0 amide bonds. The van der Waals surface area contributed by atoms with Gasteiger partial charge in [-0.05, 0) is 46.5 Å². The number of hydrogen-bond acceptors (Lipinski definition) is 8. The van der Waals surface area contributed by atoms with Crippen molar-refractivity contribution in [3.8, 4) is 11.1 Å². The molecule has 0 aliphatic carbocycles. The van der Waals surface area contributed by atoms with Crippen molar-refractivity contribution in [3.05, 3.63) is 78.4 Å². The quantitative estimate of drug-likeness (QED) is 0.317. The van der Waals surface area contributed by atoms with Crippen molar-refractivity contribution >= 4 is 27.7 Å². The van der Waals surface area contributed by atoms with Crippen molar-refractivity contribution in [1.82, 2.24) is 14.9 Å². The Kier molecular flexibility index (Phi) is 12.6. The molecule has 4 heterocycles. The van der Waals surface area contributed by atoms with Crippen molar-refractivity contribution in [3.63, 3.8) is 0 Å². The van der Waals surface area contributed by atoms with Gasteiger partial charge in [-0.15, -0.1) is 0 Å². The first-order valence-corrected chi connectivity index (χ1v) is 14.3. The Hall–Kier alpha value is -4.79. The Labute approximate surface area is 264 Å². The van der Waals surface area contributed by atoms with Crippen molar-refractivity contribution in [2.75, 3.05) is 13.1 Å². The molecule has 2 aromatic heterocycles. The summed E-state index contributed by atoms with van der Waals surface area (Å²) in [4.78, 5) is 37.8. The lowest BCUT2D eigenvalue weighted by Gasteiger charge is -2.17. The lowest BCUT2D eigenvalue weighted by Crippen LogP contribution is -2.25. The van der Waals surface area contributed by atoms with E-state index in [9.17, 15) is 47.9 Å². The second-order valence-electron chi connectivity index (χ2n) is 9.65. The second-order valence-corrected chi connectivity index (χ2v) is 11.8. The summed E-state index contributed by atoms with van der Waals surface area (Å²) in [5.74, 6) is -8.24. The van der Waals surface area contributed by atoms with Gasteiger partial charge in [0, 0.05) is 50.3 Å². The van der Waals surface area contributed by atoms with Crippen LogP contribution in [0, 0.1) is 0 Å². The minimum atomic E-state index is -5.08. The molecule has 21 heteroatoms. The van der Waals surface area contributed by atoms with Crippen LogP contribution in [0.15, 0.2) is 72.1 Å². The van der Waals surface area contributed by atoms with Crippen LogP contribution in [0.5, 0.6) is 0 Å².